The molecule has 4 nitrogen and oxygen atoms in total. The lowest BCUT2D eigenvalue weighted by Crippen LogP contribution is -2.34. The minimum Gasteiger partial charge on any atom is -0.331 e. The third kappa shape index (κ3) is 5.93. The standard InChI is InChI=1S/C23H23F4N3O/c1-16(2)13-30(22(31)18-5-9-20(24)10-6-18)15-21-28-11-12-29(21)14-17-3-7-19(8-4-17)23(25,26)27/h3-12,16H,13-15H2,1-2H3. The molecule has 0 aliphatic rings. The highest BCUT2D eigenvalue weighted by Crippen LogP contribution is 2.29. The molecule has 0 saturated heterocycles. The van der Waals surface area contributed by atoms with Gasteiger partial charge in [0, 0.05) is 31.0 Å². The summed E-state index contributed by atoms with van der Waals surface area (Å²) in [6.07, 6.45) is -1.06. The molecule has 0 spiro atoms. The molecule has 0 fully saturated rings. The first kappa shape index (κ1) is 22.5. The Bertz CT molecular complexity index is 1010. The third-order valence-corrected chi connectivity index (χ3v) is 4.73. The van der Waals surface area contributed by atoms with Crippen LogP contribution in [0, 0.1) is 11.7 Å². The predicted octanol–water partition coefficient (Wildman–Crippen LogP) is 5.39. The van der Waals surface area contributed by atoms with Gasteiger partial charge < -0.3 is 9.47 Å². The molecule has 0 atom stereocenters. The fourth-order valence-electron chi connectivity index (χ4n) is 3.24. The third-order valence-electron chi connectivity index (χ3n) is 4.73. The van der Waals surface area contributed by atoms with E-state index in [1.807, 2.05) is 13.8 Å². The highest BCUT2D eigenvalue weighted by Gasteiger charge is 2.30. The molecule has 164 valence electrons. The Morgan fingerprint density at radius 3 is 2.29 bits per heavy atom. The molecule has 0 saturated carbocycles. The smallest absolute Gasteiger partial charge is 0.331 e. The number of rotatable bonds is 7. The van der Waals surface area contributed by atoms with Crippen LogP contribution in [0.25, 0.3) is 0 Å². The monoisotopic (exact) mass is 433 g/mol. The minimum atomic E-state index is -4.38. The number of aromatic nitrogens is 2. The first-order valence-electron chi connectivity index (χ1n) is 9.84. The van der Waals surface area contributed by atoms with Gasteiger partial charge in [-0.25, -0.2) is 9.37 Å². The van der Waals surface area contributed by atoms with E-state index in [4.69, 9.17) is 0 Å². The molecular formula is C23H23F4N3O. The molecule has 1 heterocycles. The van der Waals surface area contributed by atoms with Crippen LogP contribution < -0.4 is 0 Å². The maximum atomic E-state index is 13.2. The molecule has 0 aliphatic carbocycles. The fourth-order valence-corrected chi connectivity index (χ4v) is 3.24. The Morgan fingerprint density at radius 2 is 1.71 bits per heavy atom. The van der Waals surface area contributed by atoms with Gasteiger partial charge in [0.05, 0.1) is 12.1 Å². The SMILES string of the molecule is CC(C)CN(Cc1nccn1Cc1ccc(C(F)(F)F)cc1)C(=O)c1ccc(F)cc1. The normalized spacial score (nSPS) is 11.7. The molecule has 1 aromatic heterocycles. The van der Waals surface area contributed by atoms with Gasteiger partial charge in [-0.15, -0.1) is 0 Å². The average Bonchev–Trinajstić information content (AvgIpc) is 3.13. The summed E-state index contributed by atoms with van der Waals surface area (Å²) in [5.74, 6) is 0.149. The van der Waals surface area contributed by atoms with Gasteiger partial charge in [0.1, 0.15) is 11.6 Å². The molecule has 3 aromatic rings. The van der Waals surface area contributed by atoms with Crippen LogP contribution in [-0.2, 0) is 19.3 Å². The van der Waals surface area contributed by atoms with Crippen molar-refractivity contribution in [3.05, 3.63) is 89.3 Å². The summed E-state index contributed by atoms with van der Waals surface area (Å²) in [6.45, 7) is 5.00. The van der Waals surface area contributed by atoms with E-state index < -0.39 is 17.6 Å². The number of carbonyl (C=O) groups is 1. The van der Waals surface area contributed by atoms with Gasteiger partial charge >= 0.3 is 6.18 Å². The second kappa shape index (κ2) is 9.32. The second-order valence-corrected chi connectivity index (χ2v) is 7.75. The lowest BCUT2D eigenvalue weighted by atomic mass is 10.1. The summed E-state index contributed by atoms with van der Waals surface area (Å²) in [7, 11) is 0. The van der Waals surface area contributed by atoms with Crippen molar-refractivity contribution in [2.24, 2.45) is 5.92 Å². The largest absolute Gasteiger partial charge is 0.416 e. The molecule has 31 heavy (non-hydrogen) atoms. The quantitative estimate of drug-likeness (QED) is 0.469. The fraction of sp³-hybridized carbons (Fsp3) is 0.304. The van der Waals surface area contributed by atoms with E-state index in [9.17, 15) is 22.4 Å². The zero-order chi connectivity index (χ0) is 22.6. The summed E-state index contributed by atoms with van der Waals surface area (Å²) in [5, 5.41) is 0. The highest BCUT2D eigenvalue weighted by molar-refractivity contribution is 5.94. The van der Waals surface area contributed by atoms with Gasteiger partial charge in [-0.3, -0.25) is 4.79 Å². The van der Waals surface area contributed by atoms with E-state index >= 15 is 0 Å². The first-order valence-corrected chi connectivity index (χ1v) is 9.84. The second-order valence-electron chi connectivity index (χ2n) is 7.75. The number of halogens is 4. The van der Waals surface area contributed by atoms with Crippen molar-refractivity contribution in [3.8, 4) is 0 Å². The number of benzene rings is 2. The molecule has 2 aromatic carbocycles. The zero-order valence-corrected chi connectivity index (χ0v) is 17.2. The summed E-state index contributed by atoms with van der Waals surface area (Å²) < 4.78 is 53.3. The van der Waals surface area contributed by atoms with Crippen molar-refractivity contribution in [2.45, 2.75) is 33.1 Å². The number of hydrogen-bond acceptors (Lipinski definition) is 2. The van der Waals surface area contributed by atoms with Crippen molar-refractivity contribution in [1.29, 1.82) is 0 Å². The molecule has 8 heteroatoms. The number of amides is 1. The van der Waals surface area contributed by atoms with E-state index in [0.29, 0.717) is 30.0 Å². The Labute approximate surface area is 178 Å². The maximum Gasteiger partial charge on any atom is 0.416 e. The van der Waals surface area contributed by atoms with E-state index in [1.54, 1.807) is 21.9 Å². The zero-order valence-electron chi connectivity index (χ0n) is 17.2. The van der Waals surface area contributed by atoms with Crippen molar-refractivity contribution >= 4 is 5.91 Å². The predicted molar refractivity (Wildman–Crippen MR) is 109 cm³/mol. The molecule has 0 radical (unpaired) electrons. The highest BCUT2D eigenvalue weighted by atomic mass is 19.4. The van der Waals surface area contributed by atoms with E-state index in [1.165, 1.54) is 36.4 Å². The molecule has 0 aliphatic heterocycles. The van der Waals surface area contributed by atoms with Crippen molar-refractivity contribution in [3.63, 3.8) is 0 Å². The van der Waals surface area contributed by atoms with Crippen LogP contribution in [0.1, 0.15) is 41.2 Å². The molecule has 0 bridgehead atoms. The Morgan fingerprint density at radius 1 is 1.06 bits per heavy atom. The average molecular weight is 433 g/mol. The molecular weight excluding hydrogens is 410 g/mol. The number of imidazole rings is 1. The van der Waals surface area contributed by atoms with Gasteiger partial charge in [-0.05, 0) is 47.9 Å². The van der Waals surface area contributed by atoms with Crippen LogP contribution in [-0.4, -0.2) is 26.9 Å². The van der Waals surface area contributed by atoms with Gasteiger partial charge in [0.15, 0.2) is 0 Å². The van der Waals surface area contributed by atoms with E-state index in [2.05, 4.69) is 4.98 Å². The Kier molecular flexibility index (Phi) is 6.77. The van der Waals surface area contributed by atoms with Crippen molar-refractivity contribution < 1.29 is 22.4 Å². The summed E-state index contributed by atoms with van der Waals surface area (Å²) in [6, 6.07) is 10.3. The van der Waals surface area contributed by atoms with Crippen LogP contribution >= 0.6 is 0 Å². The van der Waals surface area contributed by atoms with Crippen LogP contribution in [0.15, 0.2) is 60.9 Å². The van der Waals surface area contributed by atoms with Crippen molar-refractivity contribution in [2.75, 3.05) is 6.54 Å². The summed E-state index contributed by atoms with van der Waals surface area (Å²) in [5.41, 5.74) is 0.366. The van der Waals surface area contributed by atoms with Crippen LogP contribution in [0.5, 0.6) is 0 Å². The van der Waals surface area contributed by atoms with Gasteiger partial charge in [0.2, 0.25) is 0 Å². The number of alkyl halides is 3. The molecule has 0 unspecified atom stereocenters. The Hall–Kier alpha value is -3.16. The number of hydrogen-bond donors (Lipinski definition) is 0. The van der Waals surface area contributed by atoms with Gasteiger partial charge in [-0.2, -0.15) is 13.2 Å². The van der Waals surface area contributed by atoms with E-state index in [0.717, 1.165) is 12.1 Å². The van der Waals surface area contributed by atoms with Gasteiger partial charge in [-0.1, -0.05) is 26.0 Å². The van der Waals surface area contributed by atoms with Crippen LogP contribution in [0.4, 0.5) is 17.6 Å². The molecule has 3 rings (SSSR count). The van der Waals surface area contributed by atoms with Crippen molar-refractivity contribution in [1.82, 2.24) is 14.5 Å². The molecule has 0 N–H and O–H groups in total. The molecule has 1 amide bonds. The van der Waals surface area contributed by atoms with Crippen LogP contribution in [0.2, 0.25) is 0 Å². The summed E-state index contributed by atoms with van der Waals surface area (Å²) >= 11 is 0. The lowest BCUT2D eigenvalue weighted by molar-refractivity contribution is -0.137. The summed E-state index contributed by atoms with van der Waals surface area (Å²) in [4.78, 5) is 19.0. The number of carbonyl (C=O) groups excluding carboxylic acids is 1. The topological polar surface area (TPSA) is 38.1 Å². The number of nitrogens with zero attached hydrogens (tertiary/aromatic N) is 3. The maximum absolute atomic E-state index is 13.2. The van der Waals surface area contributed by atoms with Crippen LogP contribution in [0.3, 0.4) is 0 Å². The van der Waals surface area contributed by atoms with Gasteiger partial charge in [0.25, 0.3) is 5.91 Å². The minimum absolute atomic E-state index is 0.197. The van der Waals surface area contributed by atoms with E-state index in [-0.39, 0.29) is 18.4 Å². The lowest BCUT2D eigenvalue weighted by Gasteiger charge is -2.25. The first-order chi connectivity index (χ1) is 14.6. The Balaban J connectivity index is 1.78.